The number of aromatic nitrogens is 2. The summed E-state index contributed by atoms with van der Waals surface area (Å²) in [6, 6.07) is 8.17. The van der Waals surface area contributed by atoms with E-state index in [1.807, 2.05) is 0 Å². The Balaban J connectivity index is 2.25. The van der Waals surface area contributed by atoms with Crippen molar-refractivity contribution in [2.24, 2.45) is 0 Å². The average Bonchev–Trinajstić information content (AvgIpc) is 2.53. The second-order valence-electron chi connectivity index (χ2n) is 3.94. The van der Waals surface area contributed by atoms with E-state index >= 15 is 0 Å². The van der Waals surface area contributed by atoms with Crippen LogP contribution in [0.25, 0.3) is 0 Å². The highest BCUT2D eigenvalue weighted by Gasteiger charge is 2.10. The third-order valence-electron chi connectivity index (χ3n) is 2.58. The molecule has 1 amide bonds. The van der Waals surface area contributed by atoms with E-state index in [4.69, 9.17) is 9.84 Å². The minimum atomic E-state index is -0.329. The van der Waals surface area contributed by atoms with E-state index in [2.05, 4.69) is 27.4 Å². The Morgan fingerprint density at radius 2 is 2.29 bits per heavy atom. The SMILES string of the molecule is COc1ccc(C(=O)Nc2cccnn2)cc1C#CCO. The molecule has 0 saturated carbocycles. The summed E-state index contributed by atoms with van der Waals surface area (Å²) < 4.78 is 5.16. The second kappa shape index (κ2) is 7.03. The Hall–Kier alpha value is -2.91. The number of carbonyl (C=O) groups is 1. The fourth-order valence-electron chi connectivity index (χ4n) is 1.64. The van der Waals surface area contributed by atoms with Crippen LogP contribution in [0.2, 0.25) is 0 Å². The summed E-state index contributed by atoms with van der Waals surface area (Å²) in [5.74, 6) is 5.83. The van der Waals surface area contributed by atoms with Gasteiger partial charge in [-0.1, -0.05) is 11.8 Å². The molecular weight excluding hydrogens is 270 g/mol. The maximum Gasteiger partial charge on any atom is 0.256 e. The van der Waals surface area contributed by atoms with E-state index in [9.17, 15) is 4.79 Å². The number of benzene rings is 1. The first kappa shape index (κ1) is 14.5. The molecule has 2 rings (SSSR count). The van der Waals surface area contributed by atoms with Crippen molar-refractivity contribution in [1.29, 1.82) is 0 Å². The molecule has 0 atom stereocenters. The number of nitrogens with one attached hydrogen (secondary N) is 1. The van der Waals surface area contributed by atoms with Crippen molar-refractivity contribution in [3.05, 3.63) is 47.7 Å². The first-order valence-corrected chi connectivity index (χ1v) is 6.11. The highest BCUT2D eigenvalue weighted by Crippen LogP contribution is 2.19. The summed E-state index contributed by atoms with van der Waals surface area (Å²) in [4.78, 5) is 12.1. The number of aliphatic hydroxyl groups excluding tert-OH is 1. The van der Waals surface area contributed by atoms with Gasteiger partial charge in [-0.25, -0.2) is 0 Å². The highest BCUT2D eigenvalue weighted by molar-refractivity contribution is 6.04. The summed E-state index contributed by atoms with van der Waals surface area (Å²) in [5.41, 5.74) is 0.932. The van der Waals surface area contributed by atoms with Crippen LogP contribution in [0.4, 0.5) is 5.82 Å². The summed E-state index contributed by atoms with van der Waals surface area (Å²) >= 11 is 0. The lowest BCUT2D eigenvalue weighted by atomic mass is 10.1. The Labute approximate surface area is 121 Å². The van der Waals surface area contributed by atoms with Crippen LogP contribution in [0.15, 0.2) is 36.5 Å². The van der Waals surface area contributed by atoms with Crippen LogP contribution in [0.5, 0.6) is 5.75 Å². The smallest absolute Gasteiger partial charge is 0.256 e. The molecule has 6 heteroatoms. The van der Waals surface area contributed by atoms with Gasteiger partial charge in [0.05, 0.1) is 12.7 Å². The summed E-state index contributed by atoms with van der Waals surface area (Å²) in [6.45, 7) is -0.265. The Kier molecular flexibility index (Phi) is 4.85. The molecule has 1 aromatic heterocycles. The van der Waals surface area contributed by atoms with E-state index in [-0.39, 0.29) is 12.5 Å². The number of rotatable bonds is 3. The summed E-state index contributed by atoms with van der Waals surface area (Å²) in [5, 5.41) is 18.8. The number of methoxy groups -OCH3 is 1. The van der Waals surface area contributed by atoms with E-state index < -0.39 is 0 Å². The maximum absolute atomic E-state index is 12.1. The largest absolute Gasteiger partial charge is 0.495 e. The topological polar surface area (TPSA) is 84.3 Å². The van der Waals surface area contributed by atoms with Crippen LogP contribution in [-0.4, -0.2) is 34.9 Å². The molecule has 0 fully saturated rings. The predicted octanol–water partition coefficient (Wildman–Crippen LogP) is 1.08. The lowest BCUT2D eigenvalue weighted by Gasteiger charge is -2.07. The van der Waals surface area contributed by atoms with Gasteiger partial charge in [0.1, 0.15) is 12.4 Å². The van der Waals surface area contributed by atoms with Gasteiger partial charge in [0.2, 0.25) is 0 Å². The number of hydrogen-bond acceptors (Lipinski definition) is 5. The van der Waals surface area contributed by atoms with E-state index in [0.29, 0.717) is 22.7 Å². The maximum atomic E-state index is 12.1. The van der Waals surface area contributed by atoms with Gasteiger partial charge < -0.3 is 15.2 Å². The molecule has 0 unspecified atom stereocenters. The molecule has 0 spiro atoms. The average molecular weight is 283 g/mol. The predicted molar refractivity (Wildman–Crippen MR) is 76.9 cm³/mol. The number of amides is 1. The fourth-order valence-corrected chi connectivity index (χ4v) is 1.64. The van der Waals surface area contributed by atoms with Gasteiger partial charge in [0.15, 0.2) is 5.82 Å². The molecule has 2 aromatic rings. The van der Waals surface area contributed by atoms with Crippen molar-refractivity contribution in [3.63, 3.8) is 0 Å². The molecule has 0 aliphatic carbocycles. The van der Waals surface area contributed by atoms with Crippen molar-refractivity contribution in [2.75, 3.05) is 19.0 Å². The lowest BCUT2D eigenvalue weighted by molar-refractivity contribution is 0.102. The number of ether oxygens (including phenoxy) is 1. The van der Waals surface area contributed by atoms with Gasteiger partial charge in [-0.2, -0.15) is 5.10 Å². The molecule has 1 aromatic carbocycles. The first-order valence-electron chi connectivity index (χ1n) is 6.11. The normalized spacial score (nSPS) is 9.43. The number of aliphatic hydroxyl groups is 1. The third kappa shape index (κ3) is 3.78. The Morgan fingerprint density at radius 1 is 1.43 bits per heavy atom. The summed E-state index contributed by atoms with van der Waals surface area (Å²) in [6.07, 6.45) is 1.52. The fraction of sp³-hybridized carbons (Fsp3) is 0.133. The number of hydrogen-bond donors (Lipinski definition) is 2. The van der Waals surface area contributed by atoms with Crippen LogP contribution in [-0.2, 0) is 0 Å². The van der Waals surface area contributed by atoms with E-state index in [1.165, 1.54) is 13.3 Å². The molecule has 0 bridgehead atoms. The quantitative estimate of drug-likeness (QED) is 0.823. The van der Waals surface area contributed by atoms with Gasteiger partial charge in [0.25, 0.3) is 5.91 Å². The first-order chi connectivity index (χ1) is 10.2. The van der Waals surface area contributed by atoms with Gasteiger partial charge in [-0.15, -0.1) is 5.10 Å². The van der Waals surface area contributed by atoms with Crippen LogP contribution in [0.3, 0.4) is 0 Å². The van der Waals surface area contributed by atoms with Gasteiger partial charge in [-0.05, 0) is 30.3 Å². The second-order valence-corrected chi connectivity index (χ2v) is 3.94. The minimum Gasteiger partial charge on any atom is -0.495 e. The molecule has 0 saturated heterocycles. The van der Waals surface area contributed by atoms with Gasteiger partial charge >= 0.3 is 0 Å². The van der Waals surface area contributed by atoms with Gasteiger partial charge in [-0.3, -0.25) is 4.79 Å². The number of carbonyl (C=O) groups excluding carboxylic acids is 1. The highest BCUT2D eigenvalue weighted by atomic mass is 16.5. The van der Waals surface area contributed by atoms with Crippen LogP contribution < -0.4 is 10.1 Å². The molecule has 6 nitrogen and oxygen atoms in total. The molecular formula is C15H13N3O3. The van der Waals surface area contributed by atoms with Crippen molar-refractivity contribution in [1.82, 2.24) is 10.2 Å². The van der Waals surface area contributed by atoms with E-state index in [1.54, 1.807) is 30.3 Å². The lowest BCUT2D eigenvalue weighted by Crippen LogP contribution is -2.13. The van der Waals surface area contributed by atoms with Gasteiger partial charge in [0, 0.05) is 11.8 Å². The Morgan fingerprint density at radius 3 is 2.95 bits per heavy atom. The van der Waals surface area contributed by atoms with Crippen molar-refractivity contribution in [2.45, 2.75) is 0 Å². The molecule has 0 aliphatic heterocycles. The zero-order chi connectivity index (χ0) is 15.1. The van der Waals surface area contributed by atoms with Crippen molar-refractivity contribution >= 4 is 11.7 Å². The molecule has 0 aliphatic rings. The zero-order valence-electron chi connectivity index (χ0n) is 11.3. The van der Waals surface area contributed by atoms with Crippen molar-refractivity contribution in [3.8, 4) is 17.6 Å². The summed E-state index contributed by atoms with van der Waals surface area (Å²) in [7, 11) is 1.51. The van der Waals surface area contributed by atoms with Crippen LogP contribution in [0.1, 0.15) is 15.9 Å². The van der Waals surface area contributed by atoms with Crippen molar-refractivity contribution < 1.29 is 14.6 Å². The minimum absolute atomic E-state index is 0.265. The molecule has 1 heterocycles. The number of anilines is 1. The molecule has 2 N–H and O–H groups in total. The third-order valence-corrected chi connectivity index (χ3v) is 2.58. The molecule has 0 radical (unpaired) electrons. The van der Waals surface area contributed by atoms with E-state index in [0.717, 1.165) is 0 Å². The monoisotopic (exact) mass is 283 g/mol. The molecule has 106 valence electrons. The number of nitrogens with zero attached hydrogens (tertiary/aromatic N) is 2. The Bertz CT molecular complexity index is 690. The standard InChI is InChI=1S/C15H13N3O3/c1-21-13-7-6-12(10-11(13)4-3-9-19)15(20)17-14-5-2-8-16-18-14/h2,5-8,10,19H,9H2,1H3,(H,17,18,20). The molecule has 21 heavy (non-hydrogen) atoms. The van der Waals surface area contributed by atoms with Crippen LogP contribution in [0, 0.1) is 11.8 Å². The van der Waals surface area contributed by atoms with Crippen LogP contribution >= 0.6 is 0 Å². The zero-order valence-corrected chi connectivity index (χ0v) is 11.3.